The number of nitro benzene ring substituents is 1. The number of nitrogens with zero attached hydrogens (tertiary/aromatic N) is 2. The van der Waals surface area contributed by atoms with Gasteiger partial charge in [0.1, 0.15) is 5.75 Å². The van der Waals surface area contributed by atoms with Crippen LogP contribution in [0.1, 0.15) is 18.1 Å². The number of carbonyl (C=O) groups excluding carboxylic acids is 2. The Morgan fingerprint density at radius 1 is 1.26 bits per heavy atom. The minimum absolute atomic E-state index is 0.00723. The average molecular weight is 387 g/mol. The Kier molecular flexibility index (Phi) is 5.00. The lowest BCUT2D eigenvalue weighted by Gasteiger charge is -2.02. The van der Waals surface area contributed by atoms with Gasteiger partial charge in [-0.15, -0.1) is 0 Å². The molecule has 0 fully saturated rings. The Bertz CT molecular complexity index is 1010. The normalized spacial score (nSPS) is 14.7. The van der Waals surface area contributed by atoms with Gasteiger partial charge >= 0.3 is 11.9 Å². The third-order valence-corrected chi connectivity index (χ3v) is 3.79. The molecule has 0 N–H and O–H groups in total. The first-order valence-electron chi connectivity index (χ1n) is 7.59. The van der Waals surface area contributed by atoms with E-state index < -0.39 is 16.9 Å². The van der Waals surface area contributed by atoms with E-state index in [0.29, 0.717) is 11.3 Å². The molecule has 0 amide bonds. The molecule has 0 unspecified atom stereocenters. The van der Waals surface area contributed by atoms with Crippen LogP contribution >= 0.6 is 11.6 Å². The van der Waals surface area contributed by atoms with Crippen LogP contribution in [-0.4, -0.2) is 22.8 Å². The molecule has 0 saturated heterocycles. The fraction of sp³-hybridized carbons (Fsp3) is 0.0556. The third-order valence-electron chi connectivity index (χ3n) is 3.46. The van der Waals surface area contributed by atoms with Crippen molar-refractivity contribution < 1.29 is 24.0 Å². The van der Waals surface area contributed by atoms with Crippen LogP contribution in [-0.2, 0) is 14.3 Å². The maximum Gasteiger partial charge on any atom is 0.363 e. The number of halogens is 1. The molecule has 0 radical (unpaired) electrons. The van der Waals surface area contributed by atoms with Gasteiger partial charge in [0, 0.05) is 19.1 Å². The Morgan fingerprint density at radius 2 is 1.96 bits per heavy atom. The second-order valence-electron chi connectivity index (χ2n) is 5.42. The van der Waals surface area contributed by atoms with Crippen molar-refractivity contribution >= 4 is 41.2 Å². The number of hydrogen-bond acceptors (Lipinski definition) is 7. The van der Waals surface area contributed by atoms with Gasteiger partial charge in [0.05, 0.1) is 15.5 Å². The Hall–Kier alpha value is -3.52. The number of ether oxygens (including phenoxy) is 2. The molecular formula is C18H11ClN2O6. The van der Waals surface area contributed by atoms with Gasteiger partial charge < -0.3 is 9.47 Å². The SMILES string of the molecule is CC(=O)Oc1ccc(C=C2N=C(c3cc([N+](=O)[O-])ccc3Cl)OC2=O)cc1. The molecule has 1 heterocycles. The lowest BCUT2D eigenvalue weighted by molar-refractivity contribution is -0.384. The van der Waals surface area contributed by atoms with Crippen LogP contribution in [0.5, 0.6) is 5.75 Å². The zero-order valence-electron chi connectivity index (χ0n) is 13.8. The smallest absolute Gasteiger partial charge is 0.363 e. The van der Waals surface area contributed by atoms with Crippen molar-refractivity contribution in [2.75, 3.05) is 0 Å². The number of nitro groups is 1. The number of benzene rings is 2. The minimum Gasteiger partial charge on any atom is -0.427 e. The van der Waals surface area contributed by atoms with E-state index in [0.717, 1.165) is 0 Å². The molecule has 1 aliphatic rings. The first-order chi connectivity index (χ1) is 12.8. The van der Waals surface area contributed by atoms with E-state index in [1.54, 1.807) is 24.3 Å². The summed E-state index contributed by atoms with van der Waals surface area (Å²) in [6, 6.07) is 10.2. The quantitative estimate of drug-likeness (QED) is 0.261. The lowest BCUT2D eigenvalue weighted by atomic mass is 10.2. The van der Waals surface area contributed by atoms with Crippen molar-refractivity contribution in [1.29, 1.82) is 0 Å². The maximum absolute atomic E-state index is 12.1. The Balaban J connectivity index is 1.90. The number of carbonyl (C=O) groups is 2. The van der Waals surface area contributed by atoms with E-state index in [4.69, 9.17) is 21.1 Å². The number of non-ortho nitro benzene ring substituents is 1. The van der Waals surface area contributed by atoms with Crippen molar-refractivity contribution in [2.45, 2.75) is 6.92 Å². The summed E-state index contributed by atoms with van der Waals surface area (Å²) in [7, 11) is 0. The average Bonchev–Trinajstić information content (AvgIpc) is 2.97. The highest BCUT2D eigenvalue weighted by Crippen LogP contribution is 2.27. The second kappa shape index (κ2) is 7.38. The van der Waals surface area contributed by atoms with Crippen LogP contribution in [0.4, 0.5) is 5.69 Å². The summed E-state index contributed by atoms with van der Waals surface area (Å²) < 4.78 is 10.0. The standard InChI is InChI=1S/C18H11ClN2O6/c1-10(22)26-13-5-2-11(3-6-13)8-16-18(23)27-17(20-16)14-9-12(21(24)25)4-7-15(14)19/h2-9H,1H3. The number of cyclic esters (lactones) is 1. The predicted octanol–water partition coefficient (Wildman–Crippen LogP) is 3.52. The van der Waals surface area contributed by atoms with Crippen LogP contribution in [0, 0.1) is 10.1 Å². The van der Waals surface area contributed by atoms with Gasteiger partial charge in [-0.05, 0) is 29.8 Å². The molecule has 0 atom stereocenters. The molecule has 2 aromatic carbocycles. The molecular weight excluding hydrogens is 376 g/mol. The summed E-state index contributed by atoms with van der Waals surface area (Å²) in [4.78, 5) is 37.4. The number of rotatable bonds is 4. The maximum atomic E-state index is 12.1. The third kappa shape index (κ3) is 4.18. The number of hydrogen-bond donors (Lipinski definition) is 0. The zero-order chi connectivity index (χ0) is 19.6. The predicted molar refractivity (Wildman–Crippen MR) is 96.5 cm³/mol. The van der Waals surface area contributed by atoms with Gasteiger partial charge in [0.2, 0.25) is 5.90 Å². The molecule has 9 heteroatoms. The minimum atomic E-state index is -0.711. The van der Waals surface area contributed by atoms with Crippen LogP contribution in [0.25, 0.3) is 6.08 Å². The summed E-state index contributed by atoms with van der Waals surface area (Å²) >= 11 is 6.04. The first-order valence-corrected chi connectivity index (χ1v) is 7.96. The summed E-state index contributed by atoms with van der Waals surface area (Å²) in [5.74, 6) is -0.900. The van der Waals surface area contributed by atoms with E-state index in [1.807, 2.05) is 0 Å². The zero-order valence-corrected chi connectivity index (χ0v) is 14.6. The lowest BCUT2D eigenvalue weighted by Crippen LogP contribution is -2.06. The summed E-state index contributed by atoms with van der Waals surface area (Å²) in [5.41, 5.74) is 0.570. The Morgan fingerprint density at radius 3 is 2.59 bits per heavy atom. The topological polar surface area (TPSA) is 108 Å². The molecule has 3 rings (SSSR count). The van der Waals surface area contributed by atoms with Crippen LogP contribution in [0.2, 0.25) is 5.02 Å². The molecule has 27 heavy (non-hydrogen) atoms. The van der Waals surface area contributed by atoms with Crippen LogP contribution in [0.3, 0.4) is 0 Å². The molecule has 2 aromatic rings. The monoisotopic (exact) mass is 386 g/mol. The van der Waals surface area contributed by atoms with Crippen molar-refractivity contribution in [1.82, 2.24) is 0 Å². The van der Waals surface area contributed by atoms with Crippen molar-refractivity contribution in [2.24, 2.45) is 4.99 Å². The highest BCUT2D eigenvalue weighted by Gasteiger charge is 2.27. The molecule has 1 aliphatic heterocycles. The van der Waals surface area contributed by atoms with E-state index in [1.165, 1.54) is 31.2 Å². The van der Waals surface area contributed by atoms with E-state index in [2.05, 4.69) is 4.99 Å². The molecule has 8 nitrogen and oxygen atoms in total. The summed E-state index contributed by atoms with van der Waals surface area (Å²) in [6.45, 7) is 1.29. The van der Waals surface area contributed by atoms with Crippen molar-refractivity contribution in [3.05, 3.63) is 74.4 Å². The van der Waals surface area contributed by atoms with Gasteiger partial charge in [0.15, 0.2) is 5.70 Å². The van der Waals surface area contributed by atoms with Crippen LogP contribution in [0.15, 0.2) is 53.2 Å². The fourth-order valence-corrected chi connectivity index (χ4v) is 2.47. The van der Waals surface area contributed by atoms with Gasteiger partial charge in [0.25, 0.3) is 5.69 Å². The van der Waals surface area contributed by atoms with E-state index in [-0.39, 0.29) is 27.9 Å². The van der Waals surface area contributed by atoms with Crippen molar-refractivity contribution in [3.63, 3.8) is 0 Å². The molecule has 0 aromatic heterocycles. The fourth-order valence-electron chi connectivity index (χ4n) is 2.27. The largest absolute Gasteiger partial charge is 0.427 e. The number of aliphatic imine (C=N–C) groups is 1. The highest BCUT2D eigenvalue weighted by atomic mass is 35.5. The molecule has 0 saturated carbocycles. The first kappa shape index (κ1) is 18.3. The van der Waals surface area contributed by atoms with E-state index in [9.17, 15) is 19.7 Å². The van der Waals surface area contributed by atoms with E-state index >= 15 is 0 Å². The van der Waals surface area contributed by atoms with Gasteiger partial charge in [-0.1, -0.05) is 23.7 Å². The summed E-state index contributed by atoms with van der Waals surface area (Å²) in [5, 5.41) is 11.1. The molecule has 0 aliphatic carbocycles. The number of esters is 2. The Labute approximate surface area is 157 Å². The van der Waals surface area contributed by atoms with Gasteiger partial charge in [-0.3, -0.25) is 14.9 Å². The van der Waals surface area contributed by atoms with Gasteiger partial charge in [-0.25, -0.2) is 9.79 Å². The van der Waals surface area contributed by atoms with Crippen LogP contribution < -0.4 is 4.74 Å². The second-order valence-corrected chi connectivity index (χ2v) is 5.83. The highest BCUT2D eigenvalue weighted by molar-refractivity contribution is 6.34. The van der Waals surface area contributed by atoms with Crippen molar-refractivity contribution in [3.8, 4) is 5.75 Å². The molecule has 136 valence electrons. The molecule has 0 bridgehead atoms. The summed E-state index contributed by atoms with van der Waals surface area (Å²) in [6.07, 6.45) is 1.47. The molecule has 0 spiro atoms. The van der Waals surface area contributed by atoms with Gasteiger partial charge in [-0.2, -0.15) is 0 Å².